The van der Waals surface area contributed by atoms with Gasteiger partial charge in [-0.2, -0.15) is 0 Å². The third kappa shape index (κ3) is 2.71. The van der Waals surface area contributed by atoms with Crippen LogP contribution in [-0.4, -0.2) is 19.9 Å². The van der Waals surface area contributed by atoms with Crippen molar-refractivity contribution in [1.82, 2.24) is 4.98 Å². The van der Waals surface area contributed by atoms with Crippen LogP contribution in [-0.2, 0) is 10.0 Å². The summed E-state index contributed by atoms with van der Waals surface area (Å²) in [7, 11) is -3.66. The summed E-state index contributed by atoms with van der Waals surface area (Å²) >= 11 is 0. The average molecular weight is 305 g/mol. The second-order valence-electron chi connectivity index (χ2n) is 4.80. The number of benzene rings is 1. The van der Waals surface area contributed by atoms with Crippen molar-refractivity contribution < 1.29 is 8.42 Å². The van der Waals surface area contributed by atoms with Crippen LogP contribution in [0.2, 0.25) is 0 Å². The summed E-state index contributed by atoms with van der Waals surface area (Å²) in [6, 6.07) is 6.82. The molecule has 2 N–H and O–H groups in total. The third-order valence-electron chi connectivity index (χ3n) is 3.43. The molecule has 0 aliphatic heterocycles. The number of nitrogen functional groups attached to an aromatic ring is 1. The van der Waals surface area contributed by atoms with Gasteiger partial charge in [-0.25, -0.2) is 8.42 Å². The molecular formula is C15H19N3O2S. The van der Waals surface area contributed by atoms with E-state index < -0.39 is 10.0 Å². The van der Waals surface area contributed by atoms with Crippen molar-refractivity contribution >= 4 is 21.4 Å². The number of pyridine rings is 1. The van der Waals surface area contributed by atoms with Crippen molar-refractivity contribution in [2.45, 2.75) is 25.7 Å². The molecule has 6 heteroatoms. The number of sulfonamides is 1. The van der Waals surface area contributed by atoms with Gasteiger partial charge in [0.25, 0.3) is 10.0 Å². The number of nitrogens with two attached hydrogens (primary N) is 1. The maximum absolute atomic E-state index is 13.0. The summed E-state index contributed by atoms with van der Waals surface area (Å²) in [5.74, 6) is 0. The number of aromatic nitrogens is 1. The van der Waals surface area contributed by atoms with E-state index in [1.165, 1.54) is 4.31 Å². The van der Waals surface area contributed by atoms with Gasteiger partial charge in [0, 0.05) is 24.6 Å². The SMILES string of the molecule is CCN(c1ccncc1)S(=O)(=O)c1c(C)ccc(N)c1C. The Bertz CT molecular complexity index is 743. The van der Waals surface area contributed by atoms with E-state index in [-0.39, 0.29) is 4.90 Å². The number of hydrogen-bond acceptors (Lipinski definition) is 4. The Balaban J connectivity index is 2.64. The molecule has 0 fully saturated rings. The Kier molecular flexibility index (Phi) is 4.18. The lowest BCUT2D eigenvalue weighted by atomic mass is 10.1. The Morgan fingerprint density at radius 2 is 1.76 bits per heavy atom. The third-order valence-corrected chi connectivity index (χ3v) is 5.62. The van der Waals surface area contributed by atoms with Crippen LogP contribution in [0.1, 0.15) is 18.1 Å². The highest BCUT2D eigenvalue weighted by Gasteiger charge is 2.27. The number of anilines is 2. The lowest BCUT2D eigenvalue weighted by Crippen LogP contribution is -2.32. The van der Waals surface area contributed by atoms with Gasteiger partial charge >= 0.3 is 0 Å². The quantitative estimate of drug-likeness (QED) is 0.881. The predicted octanol–water partition coefficient (Wildman–Crippen LogP) is 2.50. The summed E-state index contributed by atoms with van der Waals surface area (Å²) in [4.78, 5) is 4.20. The minimum Gasteiger partial charge on any atom is -0.398 e. The predicted molar refractivity (Wildman–Crippen MR) is 84.8 cm³/mol. The van der Waals surface area contributed by atoms with E-state index in [2.05, 4.69) is 4.98 Å². The van der Waals surface area contributed by atoms with Crippen molar-refractivity contribution in [3.8, 4) is 0 Å². The van der Waals surface area contributed by atoms with E-state index in [0.29, 0.717) is 29.0 Å². The molecule has 0 amide bonds. The molecule has 5 nitrogen and oxygen atoms in total. The Hall–Kier alpha value is -2.08. The highest BCUT2D eigenvalue weighted by molar-refractivity contribution is 7.93. The van der Waals surface area contributed by atoms with Crippen LogP contribution in [0.4, 0.5) is 11.4 Å². The van der Waals surface area contributed by atoms with Crippen LogP contribution < -0.4 is 10.0 Å². The van der Waals surface area contributed by atoms with E-state index in [9.17, 15) is 8.42 Å². The van der Waals surface area contributed by atoms with Crippen LogP contribution in [0.25, 0.3) is 0 Å². The fourth-order valence-electron chi connectivity index (χ4n) is 2.35. The smallest absolute Gasteiger partial charge is 0.264 e. The zero-order chi connectivity index (χ0) is 15.6. The second-order valence-corrected chi connectivity index (χ2v) is 6.60. The maximum atomic E-state index is 13.0. The van der Waals surface area contributed by atoms with Crippen LogP contribution >= 0.6 is 0 Å². The van der Waals surface area contributed by atoms with Gasteiger partial charge in [-0.3, -0.25) is 9.29 Å². The summed E-state index contributed by atoms with van der Waals surface area (Å²) in [5.41, 5.74) is 8.22. The Morgan fingerprint density at radius 3 is 2.33 bits per heavy atom. The van der Waals surface area contributed by atoms with Crippen LogP contribution in [0.3, 0.4) is 0 Å². The van der Waals surface area contributed by atoms with Crippen LogP contribution in [0.5, 0.6) is 0 Å². The summed E-state index contributed by atoms with van der Waals surface area (Å²) in [5, 5.41) is 0. The van der Waals surface area contributed by atoms with E-state index in [1.54, 1.807) is 57.4 Å². The van der Waals surface area contributed by atoms with E-state index >= 15 is 0 Å². The number of rotatable bonds is 4. The molecule has 0 aliphatic rings. The summed E-state index contributed by atoms with van der Waals surface area (Å²) in [6.45, 7) is 5.64. The molecule has 1 aromatic carbocycles. The zero-order valence-electron chi connectivity index (χ0n) is 12.4. The van der Waals surface area contributed by atoms with Gasteiger partial charge < -0.3 is 5.73 Å². The molecule has 1 aromatic heterocycles. The van der Waals surface area contributed by atoms with Crippen molar-refractivity contribution in [1.29, 1.82) is 0 Å². The molecule has 0 atom stereocenters. The van der Waals surface area contributed by atoms with E-state index in [4.69, 9.17) is 5.73 Å². The molecule has 112 valence electrons. The fourth-order valence-corrected chi connectivity index (χ4v) is 4.29. The van der Waals surface area contributed by atoms with Gasteiger partial charge in [0.15, 0.2) is 0 Å². The van der Waals surface area contributed by atoms with Crippen molar-refractivity contribution in [3.63, 3.8) is 0 Å². The molecule has 0 aliphatic carbocycles. The van der Waals surface area contributed by atoms with Gasteiger partial charge in [0.2, 0.25) is 0 Å². The molecule has 1 heterocycles. The van der Waals surface area contributed by atoms with Gasteiger partial charge in [0.05, 0.1) is 10.6 Å². The second kappa shape index (κ2) is 5.73. The first-order valence-electron chi connectivity index (χ1n) is 6.68. The number of hydrogen-bond donors (Lipinski definition) is 1. The van der Waals surface area contributed by atoms with Gasteiger partial charge in [-0.1, -0.05) is 6.07 Å². The number of aryl methyl sites for hydroxylation is 1. The van der Waals surface area contributed by atoms with Gasteiger partial charge in [-0.05, 0) is 50.1 Å². The molecule has 0 unspecified atom stereocenters. The molecule has 21 heavy (non-hydrogen) atoms. The molecule has 0 saturated heterocycles. The zero-order valence-corrected chi connectivity index (χ0v) is 13.2. The standard InChI is InChI=1S/C15H19N3O2S/c1-4-18(13-7-9-17-10-8-13)21(19,20)15-11(2)5-6-14(16)12(15)3/h5-10H,4,16H2,1-3H3. The van der Waals surface area contributed by atoms with Crippen molar-refractivity contribution in [2.75, 3.05) is 16.6 Å². The molecule has 0 spiro atoms. The Labute approximate surface area is 125 Å². The molecule has 2 rings (SSSR count). The lowest BCUT2D eigenvalue weighted by Gasteiger charge is -2.25. The summed E-state index contributed by atoms with van der Waals surface area (Å²) in [6.07, 6.45) is 3.15. The highest BCUT2D eigenvalue weighted by Crippen LogP contribution is 2.30. The van der Waals surface area contributed by atoms with E-state index in [1.807, 2.05) is 0 Å². The van der Waals surface area contributed by atoms with Gasteiger partial charge in [-0.15, -0.1) is 0 Å². The first-order chi connectivity index (χ1) is 9.89. The Morgan fingerprint density at radius 1 is 1.14 bits per heavy atom. The molecule has 0 saturated carbocycles. The normalized spacial score (nSPS) is 11.4. The highest BCUT2D eigenvalue weighted by atomic mass is 32.2. The number of nitrogens with zero attached hydrogens (tertiary/aromatic N) is 2. The summed E-state index contributed by atoms with van der Waals surface area (Å²) < 4.78 is 27.4. The lowest BCUT2D eigenvalue weighted by molar-refractivity contribution is 0.590. The first kappa shape index (κ1) is 15.3. The topological polar surface area (TPSA) is 76.3 Å². The minimum atomic E-state index is -3.66. The largest absolute Gasteiger partial charge is 0.398 e. The molecule has 0 radical (unpaired) electrons. The first-order valence-corrected chi connectivity index (χ1v) is 8.12. The van der Waals surface area contributed by atoms with Gasteiger partial charge in [0.1, 0.15) is 0 Å². The molecular weight excluding hydrogens is 286 g/mol. The van der Waals surface area contributed by atoms with Crippen molar-refractivity contribution in [2.24, 2.45) is 0 Å². The molecule has 0 bridgehead atoms. The molecule has 2 aromatic rings. The van der Waals surface area contributed by atoms with Crippen molar-refractivity contribution in [3.05, 3.63) is 47.8 Å². The van der Waals surface area contributed by atoms with Crippen LogP contribution in [0.15, 0.2) is 41.6 Å². The minimum absolute atomic E-state index is 0.279. The van der Waals surface area contributed by atoms with E-state index in [0.717, 1.165) is 0 Å². The van der Waals surface area contributed by atoms with Crippen LogP contribution in [0, 0.1) is 13.8 Å². The fraction of sp³-hybridized carbons (Fsp3) is 0.267. The maximum Gasteiger partial charge on any atom is 0.264 e. The monoisotopic (exact) mass is 305 g/mol. The average Bonchev–Trinajstić information content (AvgIpc) is 2.45.